The number of allylic oxidation sites excluding steroid dienone is 7. The van der Waals surface area contributed by atoms with Crippen molar-refractivity contribution in [1.29, 1.82) is 0 Å². The molecule has 0 atom stereocenters. The molecule has 0 radical (unpaired) electrons. The zero-order valence-corrected chi connectivity index (χ0v) is 22.9. The van der Waals surface area contributed by atoms with Crippen LogP contribution in [0, 0.1) is 0 Å². The van der Waals surface area contributed by atoms with E-state index in [1.54, 1.807) is 0 Å². The van der Waals surface area contributed by atoms with Crippen molar-refractivity contribution in [3.8, 4) is 0 Å². The van der Waals surface area contributed by atoms with Crippen LogP contribution in [0.2, 0.25) is 0 Å². The number of aliphatic imine (C=N–C) groups is 1. The van der Waals surface area contributed by atoms with Gasteiger partial charge in [0.1, 0.15) is 0 Å². The topological polar surface area (TPSA) is 17.3 Å². The first kappa shape index (κ1) is 25.6. The lowest BCUT2D eigenvalue weighted by Gasteiger charge is -2.13. The Morgan fingerprint density at radius 2 is 1.58 bits per heavy atom. The largest absolute Gasteiger partial charge is 0.309 e. The molecule has 1 aliphatic rings. The Labute approximate surface area is 229 Å². The molecule has 2 nitrogen and oxygen atoms in total. The normalized spacial score (nSPS) is 19.5. The second-order valence-electron chi connectivity index (χ2n) is 9.28. The summed E-state index contributed by atoms with van der Waals surface area (Å²) in [5.74, 6) is 0.838. The highest BCUT2D eigenvalue weighted by molar-refractivity contribution is 8.03. The van der Waals surface area contributed by atoms with Crippen LogP contribution in [0.3, 0.4) is 0 Å². The quantitative estimate of drug-likeness (QED) is 0.243. The van der Waals surface area contributed by atoms with Crippen molar-refractivity contribution in [2.75, 3.05) is 5.75 Å². The fourth-order valence-electron chi connectivity index (χ4n) is 5.06. The van der Waals surface area contributed by atoms with E-state index in [4.69, 9.17) is 0 Å². The molecule has 0 bridgehead atoms. The third-order valence-electron chi connectivity index (χ3n) is 6.94. The molecule has 4 aromatic rings. The third-order valence-corrected chi connectivity index (χ3v) is 8.09. The van der Waals surface area contributed by atoms with Gasteiger partial charge in [-0.15, -0.1) is 11.8 Å². The van der Waals surface area contributed by atoms with Gasteiger partial charge in [0.15, 0.2) is 0 Å². The summed E-state index contributed by atoms with van der Waals surface area (Å²) in [6.07, 6.45) is 10.0. The van der Waals surface area contributed by atoms with Crippen LogP contribution in [0.15, 0.2) is 131 Å². The Morgan fingerprint density at radius 1 is 0.947 bits per heavy atom. The summed E-state index contributed by atoms with van der Waals surface area (Å²) in [6.45, 7) is 16.4. The average Bonchev–Trinajstić information content (AvgIpc) is 3.31. The number of thioether (sulfide) groups is 1. The maximum Gasteiger partial charge on any atom is 0.0622 e. The lowest BCUT2D eigenvalue weighted by atomic mass is 10.0. The van der Waals surface area contributed by atoms with E-state index >= 15 is 0 Å². The summed E-state index contributed by atoms with van der Waals surface area (Å²) in [5.41, 5.74) is 9.76. The van der Waals surface area contributed by atoms with Gasteiger partial charge in [-0.1, -0.05) is 92.9 Å². The molecule has 1 aromatic heterocycles. The van der Waals surface area contributed by atoms with E-state index in [1.807, 2.05) is 11.8 Å². The Hall–Kier alpha value is -4.08. The molecule has 0 amide bonds. The van der Waals surface area contributed by atoms with Crippen LogP contribution in [0.4, 0.5) is 0 Å². The molecule has 0 saturated heterocycles. The van der Waals surface area contributed by atoms with Gasteiger partial charge in [-0.3, -0.25) is 4.99 Å². The van der Waals surface area contributed by atoms with E-state index in [2.05, 4.69) is 140 Å². The van der Waals surface area contributed by atoms with Gasteiger partial charge < -0.3 is 4.57 Å². The zero-order valence-electron chi connectivity index (χ0n) is 22.1. The van der Waals surface area contributed by atoms with Crippen LogP contribution in [-0.4, -0.2) is 17.0 Å². The van der Waals surface area contributed by atoms with Crippen LogP contribution in [0.5, 0.6) is 0 Å². The van der Waals surface area contributed by atoms with Crippen molar-refractivity contribution in [3.05, 3.63) is 137 Å². The van der Waals surface area contributed by atoms with Crippen molar-refractivity contribution in [2.45, 2.75) is 20.3 Å². The molecule has 1 aliphatic heterocycles. The molecule has 0 fully saturated rings. The van der Waals surface area contributed by atoms with E-state index in [9.17, 15) is 0 Å². The third kappa shape index (κ3) is 4.78. The summed E-state index contributed by atoms with van der Waals surface area (Å²) in [6, 6.07) is 25.7. The molecule has 0 unspecified atom stereocenters. The molecular formula is C35H32N2S. The molecule has 0 spiro atoms. The fourth-order valence-corrected chi connectivity index (χ4v) is 6.31. The first-order chi connectivity index (χ1) is 18.5. The van der Waals surface area contributed by atoms with E-state index in [-0.39, 0.29) is 0 Å². The van der Waals surface area contributed by atoms with Gasteiger partial charge in [-0.05, 0) is 72.2 Å². The molecular weight excluding hydrogens is 480 g/mol. The maximum absolute atomic E-state index is 4.53. The van der Waals surface area contributed by atoms with Gasteiger partial charge in [0.25, 0.3) is 0 Å². The molecule has 0 aliphatic carbocycles. The van der Waals surface area contributed by atoms with Gasteiger partial charge in [0.05, 0.1) is 16.7 Å². The monoisotopic (exact) mass is 512 g/mol. The summed E-state index contributed by atoms with van der Waals surface area (Å²) in [7, 11) is 0. The Balaban J connectivity index is 1.77. The lowest BCUT2D eigenvalue weighted by Crippen LogP contribution is -1.98. The number of para-hydroxylation sites is 2. The highest BCUT2D eigenvalue weighted by atomic mass is 32.2. The maximum atomic E-state index is 4.53. The van der Waals surface area contributed by atoms with Crippen molar-refractivity contribution in [2.24, 2.45) is 4.99 Å². The zero-order chi connectivity index (χ0) is 26.6. The molecule has 188 valence electrons. The van der Waals surface area contributed by atoms with Crippen molar-refractivity contribution in [1.82, 2.24) is 4.57 Å². The molecule has 5 rings (SSSR count). The molecule has 38 heavy (non-hydrogen) atoms. The molecule has 0 saturated carbocycles. The number of rotatable bonds is 5. The minimum absolute atomic E-state index is 0.683. The Bertz CT molecular complexity index is 1630. The van der Waals surface area contributed by atoms with Crippen LogP contribution in [0.1, 0.15) is 31.4 Å². The highest BCUT2D eigenvalue weighted by Crippen LogP contribution is 2.39. The minimum Gasteiger partial charge on any atom is -0.309 e. The Kier molecular flexibility index (Phi) is 7.48. The standard InChI is InChI=1S/C35H32N2S/c1-6-12-35-30(7-2)24(3)21-29(22-28(23-38-35)27-19-17-26(18-20-27)25(4)36-5)37-33-15-10-8-13-31(33)32-14-9-11-16-34(32)37/h7-22H,3-6,23H2,1-2H3/b28-22+,29-21+,30-7-,35-12+. The van der Waals surface area contributed by atoms with E-state index in [0.717, 1.165) is 29.0 Å². The number of benzene rings is 3. The number of nitrogens with zero attached hydrogens (tertiary/aromatic N) is 2. The number of aromatic nitrogens is 1. The van der Waals surface area contributed by atoms with Crippen molar-refractivity contribution < 1.29 is 0 Å². The molecule has 2 heterocycles. The number of hydrogen-bond acceptors (Lipinski definition) is 2. The number of fused-ring (bicyclic) bond motifs is 3. The van der Waals surface area contributed by atoms with Crippen LogP contribution >= 0.6 is 11.8 Å². The van der Waals surface area contributed by atoms with E-state index in [1.165, 1.54) is 43.4 Å². The van der Waals surface area contributed by atoms with E-state index < -0.39 is 0 Å². The first-order valence-corrected chi connectivity index (χ1v) is 13.9. The summed E-state index contributed by atoms with van der Waals surface area (Å²) in [5, 5.41) is 2.49. The van der Waals surface area contributed by atoms with Gasteiger partial charge in [-0.25, -0.2) is 0 Å². The Morgan fingerprint density at radius 3 is 2.16 bits per heavy atom. The predicted molar refractivity (Wildman–Crippen MR) is 170 cm³/mol. The van der Waals surface area contributed by atoms with Crippen LogP contribution < -0.4 is 0 Å². The summed E-state index contributed by atoms with van der Waals surface area (Å²) in [4.78, 5) is 5.27. The number of hydrogen-bond donors (Lipinski definition) is 0. The SMILES string of the molecule is C=NC(=C)c1ccc(/C2=C/C(n3c4ccccc4c4ccccc43)=C\C(=C)C(=C/C)/C(=C\CC)SC2)cc1. The van der Waals surface area contributed by atoms with Gasteiger partial charge in [-0.2, -0.15) is 0 Å². The fraction of sp³-hybridized carbons (Fsp3) is 0.114. The second kappa shape index (κ2) is 11.1. The average molecular weight is 513 g/mol. The van der Waals surface area contributed by atoms with Gasteiger partial charge in [0, 0.05) is 27.1 Å². The lowest BCUT2D eigenvalue weighted by molar-refractivity contribution is 1.21. The second-order valence-corrected chi connectivity index (χ2v) is 10.3. The first-order valence-electron chi connectivity index (χ1n) is 12.9. The molecule has 3 heteroatoms. The summed E-state index contributed by atoms with van der Waals surface area (Å²) < 4.78 is 2.38. The highest BCUT2D eigenvalue weighted by Gasteiger charge is 2.18. The smallest absolute Gasteiger partial charge is 0.0622 e. The van der Waals surface area contributed by atoms with Crippen LogP contribution in [0.25, 0.3) is 38.8 Å². The van der Waals surface area contributed by atoms with Crippen molar-refractivity contribution in [3.63, 3.8) is 0 Å². The molecule has 3 aromatic carbocycles. The summed E-state index contributed by atoms with van der Waals surface area (Å²) >= 11 is 1.87. The van der Waals surface area contributed by atoms with Crippen LogP contribution in [-0.2, 0) is 0 Å². The van der Waals surface area contributed by atoms with Crippen molar-refractivity contribution >= 4 is 57.3 Å². The minimum atomic E-state index is 0.683. The van der Waals surface area contributed by atoms with E-state index in [0.29, 0.717) is 5.70 Å². The van der Waals surface area contributed by atoms with Gasteiger partial charge in [0.2, 0.25) is 0 Å². The predicted octanol–water partition coefficient (Wildman–Crippen LogP) is 9.93. The molecule has 0 N–H and O–H groups in total. The van der Waals surface area contributed by atoms with Gasteiger partial charge >= 0.3 is 0 Å².